The molecule has 0 aliphatic carbocycles. The van der Waals surface area contributed by atoms with Gasteiger partial charge in [0.25, 0.3) is 0 Å². The number of nitrogens with zero attached hydrogens (tertiary/aromatic N) is 3. The Hall–Kier alpha value is -2.56. The quantitative estimate of drug-likeness (QED) is 0.781. The van der Waals surface area contributed by atoms with Gasteiger partial charge in [0, 0.05) is 31.4 Å². The van der Waals surface area contributed by atoms with Crippen LogP contribution in [0.3, 0.4) is 0 Å². The fourth-order valence-electron chi connectivity index (χ4n) is 2.34. The Morgan fingerprint density at radius 2 is 2.19 bits per heavy atom. The molecule has 0 unspecified atom stereocenters. The molecule has 1 aromatic carbocycles. The molecule has 2 heterocycles. The topological polar surface area (TPSA) is 52.0 Å². The van der Waals surface area contributed by atoms with Crippen molar-refractivity contribution >= 4 is 16.6 Å². The summed E-state index contributed by atoms with van der Waals surface area (Å²) in [6.45, 7) is 0.815. The highest BCUT2D eigenvalue weighted by atomic mass is 16.5. The first-order chi connectivity index (χ1) is 10.3. The second-order valence-corrected chi connectivity index (χ2v) is 4.95. The van der Waals surface area contributed by atoms with E-state index in [1.807, 2.05) is 54.6 Å². The van der Waals surface area contributed by atoms with Gasteiger partial charge in [-0.3, -0.25) is 4.68 Å². The largest absolute Gasteiger partial charge is 0.497 e. The predicted octanol–water partition coefficient (Wildman–Crippen LogP) is 2.63. The number of rotatable bonds is 5. The van der Waals surface area contributed by atoms with Gasteiger partial charge in [0.15, 0.2) is 0 Å². The van der Waals surface area contributed by atoms with Gasteiger partial charge in [0.2, 0.25) is 0 Å². The summed E-state index contributed by atoms with van der Waals surface area (Å²) in [5.74, 6) is 1.72. The number of methoxy groups -OCH3 is 1. The number of hydrogen-bond acceptors (Lipinski definition) is 4. The number of pyridine rings is 1. The van der Waals surface area contributed by atoms with Crippen LogP contribution in [-0.2, 0) is 13.5 Å². The summed E-state index contributed by atoms with van der Waals surface area (Å²) >= 11 is 0. The molecule has 0 bridgehead atoms. The van der Waals surface area contributed by atoms with Gasteiger partial charge >= 0.3 is 0 Å². The molecule has 5 heteroatoms. The summed E-state index contributed by atoms with van der Waals surface area (Å²) in [5.41, 5.74) is 1.21. The lowest BCUT2D eigenvalue weighted by atomic mass is 10.1. The second kappa shape index (κ2) is 5.83. The van der Waals surface area contributed by atoms with Gasteiger partial charge in [-0.15, -0.1) is 0 Å². The zero-order valence-corrected chi connectivity index (χ0v) is 12.2. The van der Waals surface area contributed by atoms with Crippen LogP contribution in [0.1, 0.15) is 5.56 Å². The van der Waals surface area contributed by atoms with Crippen molar-refractivity contribution in [1.29, 1.82) is 0 Å². The van der Waals surface area contributed by atoms with E-state index in [9.17, 15) is 0 Å². The Morgan fingerprint density at radius 1 is 1.29 bits per heavy atom. The van der Waals surface area contributed by atoms with Crippen molar-refractivity contribution in [1.82, 2.24) is 14.8 Å². The zero-order valence-electron chi connectivity index (χ0n) is 12.2. The van der Waals surface area contributed by atoms with E-state index < -0.39 is 0 Å². The maximum Gasteiger partial charge on any atom is 0.133 e. The fraction of sp³-hybridized carbons (Fsp3) is 0.250. The Balaban J connectivity index is 1.76. The van der Waals surface area contributed by atoms with Crippen LogP contribution < -0.4 is 10.1 Å². The number of benzene rings is 1. The highest BCUT2D eigenvalue weighted by Gasteiger charge is 2.04. The summed E-state index contributed by atoms with van der Waals surface area (Å²) in [4.78, 5) is 4.43. The molecule has 5 nitrogen and oxygen atoms in total. The van der Waals surface area contributed by atoms with Crippen molar-refractivity contribution in [3.05, 3.63) is 48.4 Å². The number of aryl methyl sites for hydroxylation is 1. The minimum Gasteiger partial charge on any atom is -0.497 e. The van der Waals surface area contributed by atoms with Crippen molar-refractivity contribution < 1.29 is 4.74 Å². The third kappa shape index (κ3) is 2.97. The average Bonchev–Trinajstić information content (AvgIpc) is 2.92. The Bertz CT molecular complexity index is 751. The molecule has 0 aliphatic rings. The van der Waals surface area contributed by atoms with E-state index in [2.05, 4.69) is 15.4 Å². The summed E-state index contributed by atoms with van der Waals surface area (Å²) in [5, 5.41) is 9.78. The molecule has 21 heavy (non-hydrogen) atoms. The first-order valence-corrected chi connectivity index (χ1v) is 6.90. The van der Waals surface area contributed by atoms with Crippen LogP contribution in [0.25, 0.3) is 10.8 Å². The predicted molar refractivity (Wildman–Crippen MR) is 83.7 cm³/mol. The zero-order chi connectivity index (χ0) is 14.7. The molecule has 0 atom stereocenters. The molecule has 0 fully saturated rings. The molecule has 0 aliphatic heterocycles. The van der Waals surface area contributed by atoms with Gasteiger partial charge in [0.05, 0.1) is 13.3 Å². The molecule has 1 N–H and O–H groups in total. The summed E-state index contributed by atoms with van der Waals surface area (Å²) < 4.78 is 7.10. The van der Waals surface area contributed by atoms with Crippen LogP contribution in [0.5, 0.6) is 5.75 Å². The molecule has 108 valence electrons. The second-order valence-electron chi connectivity index (χ2n) is 4.95. The molecule has 0 spiro atoms. The van der Waals surface area contributed by atoms with Crippen molar-refractivity contribution in [2.45, 2.75) is 6.42 Å². The standard InChI is InChI=1S/C16H18N4O/c1-20-11-12(10-19-20)5-7-17-16-15-9-14(21-2)4-3-13(15)6-8-18-16/h3-4,6,8-11H,5,7H2,1-2H3,(H,17,18). The number of hydrogen-bond donors (Lipinski definition) is 1. The van der Waals surface area contributed by atoms with Gasteiger partial charge in [-0.1, -0.05) is 6.07 Å². The van der Waals surface area contributed by atoms with Crippen LogP contribution in [0.2, 0.25) is 0 Å². The molecule has 3 aromatic rings. The SMILES string of the molecule is COc1ccc2ccnc(NCCc3cnn(C)c3)c2c1. The number of fused-ring (bicyclic) bond motifs is 1. The minimum atomic E-state index is 0.815. The number of ether oxygens (including phenoxy) is 1. The minimum absolute atomic E-state index is 0.815. The van der Waals surface area contributed by atoms with Gasteiger partial charge in [-0.05, 0) is 35.6 Å². The fourth-order valence-corrected chi connectivity index (χ4v) is 2.34. The molecule has 3 rings (SSSR count). The Kier molecular flexibility index (Phi) is 3.73. The Labute approximate surface area is 123 Å². The monoisotopic (exact) mass is 282 g/mol. The average molecular weight is 282 g/mol. The van der Waals surface area contributed by atoms with Crippen molar-refractivity contribution in [2.24, 2.45) is 7.05 Å². The van der Waals surface area contributed by atoms with Crippen molar-refractivity contribution in [3.8, 4) is 5.75 Å². The molecule has 0 amide bonds. The maximum atomic E-state index is 5.29. The number of aromatic nitrogens is 3. The molecular formula is C16H18N4O. The van der Waals surface area contributed by atoms with E-state index in [-0.39, 0.29) is 0 Å². The van der Waals surface area contributed by atoms with E-state index in [1.54, 1.807) is 7.11 Å². The van der Waals surface area contributed by atoms with Crippen LogP contribution in [0, 0.1) is 0 Å². The van der Waals surface area contributed by atoms with E-state index >= 15 is 0 Å². The van der Waals surface area contributed by atoms with E-state index in [1.165, 1.54) is 5.56 Å². The van der Waals surface area contributed by atoms with Crippen LogP contribution in [0.4, 0.5) is 5.82 Å². The highest BCUT2D eigenvalue weighted by Crippen LogP contribution is 2.25. The summed E-state index contributed by atoms with van der Waals surface area (Å²) in [6, 6.07) is 8.01. The normalized spacial score (nSPS) is 10.8. The third-order valence-electron chi connectivity index (χ3n) is 3.44. The van der Waals surface area contributed by atoms with Gasteiger partial charge < -0.3 is 10.1 Å². The third-order valence-corrected chi connectivity index (χ3v) is 3.44. The van der Waals surface area contributed by atoms with E-state index in [0.29, 0.717) is 0 Å². The van der Waals surface area contributed by atoms with E-state index in [0.717, 1.165) is 35.3 Å². The maximum absolute atomic E-state index is 5.29. The first kappa shape index (κ1) is 13.4. The lowest BCUT2D eigenvalue weighted by Crippen LogP contribution is -2.06. The lowest BCUT2D eigenvalue weighted by molar-refractivity contribution is 0.415. The Morgan fingerprint density at radius 3 is 2.95 bits per heavy atom. The van der Waals surface area contributed by atoms with Gasteiger partial charge in [-0.25, -0.2) is 4.98 Å². The van der Waals surface area contributed by atoms with Crippen molar-refractivity contribution in [2.75, 3.05) is 19.0 Å². The number of anilines is 1. The highest BCUT2D eigenvalue weighted by molar-refractivity contribution is 5.92. The summed E-state index contributed by atoms with van der Waals surface area (Å²) in [7, 11) is 3.60. The number of nitrogens with one attached hydrogen (secondary N) is 1. The molecular weight excluding hydrogens is 264 g/mol. The van der Waals surface area contributed by atoms with Gasteiger partial charge in [0.1, 0.15) is 11.6 Å². The lowest BCUT2D eigenvalue weighted by Gasteiger charge is -2.09. The van der Waals surface area contributed by atoms with E-state index in [4.69, 9.17) is 4.74 Å². The molecule has 0 saturated carbocycles. The molecule has 0 saturated heterocycles. The van der Waals surface area contributed by atoms with Gasteiger partial charge in [-0.2, -0.15) is 5.10 Å². The van der Waals surface area contributed by atoms with Crippen LogP contribution in [0.15, 0.2) is 42.9 Å². The summed E-state index contributed by atoms with van der Waals surface area (Å²) in [6.07, 6.45) is 6.65. The molecule has 0 radical (unpaired) electrons. The van der Waals surface area contributed by atoms with Crippen molar-refractivity contribution in [3.63, 3.8) is 0 Å². The first-order valence-electron chi connectivity index (χ1n) is 6.90. The van der Waals surface area contributed by atoms with Crippen LogP contribution >= 0.6 is 0 Å². The van der Waals surface area contributed by atoms with Crippen LogP contribution in [-0.4, -0.2) is 28.4 Å². The molecule has 2 aromatic heterocycles. The smallest absolute Gasteiger partial charge is 0.133 e.